The number of sulfonamides is 1. The summed E-state index contributed by atoms with van der Waals surface area (Å²) in [5.74, 6) is -0.455. The first kappa shape index (κ1) is 22.1. The van der Waals surface area contributed by atoms with Crippen LogP contribution in [0.5, 0.6) is 0 Å². The Morgan fingerprint density at radius 1 is 1.03 bits per heavy atom. The van der Waals surface area contributed by atoms with Gasteiger partial charge >= 0.3 is 0 Å². The Morgan fingerprint density at radius 2 is 1.72 bits per heavy atom. The molecule has 0 bridgehead atoms. The number of likely N-dealkylation sites (tertiary alicyclic amines) is 1. The first-order chi connectivity index (χ1) is 13.7. The van der Waals surface area contributed by atoms with Crippen molar-refractivity contribution in [3.8, 4) is 0 Å². The summed E-state index contributed by atoms with van der Waals surface area (Å²) in [4.78, 5) is 28.1. The monoisotopic (exact) mass is 459 g/mol. The predicted octanol–water partition coefficient (Wildman–Crippen LogP) is 2.25. The normalized spacial score (nSPS) is 21.1. The lowest BCUT2D eigenvalue weighted by Gasteiger charge is -2.38. The molecule has 2 fully saturated rings. The molecule has 2 aliphatic heterocycles. The van der Waals surface area contributed by atoms with Crippen LogP contribution in [0.2, 0.25) is 10.0 Å². The van der Waals surface area contributed by atoms with Crippen molar-refractivity contribution < 1.29 is 18.0 Å². The van der Waals surface area contributed by atoms with Crippen molar-refractivity contribution in [3.05, 3.63) is 40.9 Å². The number of rotatable bonds is 4. The molecule has 2 saturated heterocycles. The van der Waals surface area contributed by atoms with Gasteiger partial charge in [-0.15, -0.1) is 0 Å². The topological polar surface area (TPSA) is 78.0 Å². The lowest BCUT2D eigenvalue weighted by Crippen LogP contribution is -2.53. The highest BCUT2D eigenvalue weighted by Crippen LogP contribution is 2.27. The molecular weight excluding hydrogens is 437 g/mol. The number of hydrogen-bond donors (Lipinski definition) is 0. The summed E-state index contributed by atoms with van der Waals surface area (Å²) in [7, 11) is -3.71. The van der Waals surface area contributed by atoms with Crippen LogP contribution in [0.1, 0.15) is 12.8 Å². The van der Waals surface area contributed by atoms with Gasteiger partial charge in [-0.2, -0.15) is 4.31 Å². The van der Waals surface area contributed by atoms with Crippen molar-refractivity contribution in [2.24, 2.45) is 5.92 Å². The fraction of sp³-hybridized carbons (Fsp3) is 0.474. The number of carbonyl (C=O) groups is 2. The molecule has 0 spiro atoms. The Balaban J connectivity index is 1.62. The smallest absolute Gasteiger partial charge is 0.245 e. The Morgan fingerprint density at radius 3 is 2.34 bits per heavy atom. The third-order valence-corrected chi connectivity index (χ3v) is 7.97. The molecular formula is C19H23Cl2N3O4S. The molecule has 1 aromatic rings. The molecule has 0 N–H and O–H groups in total. The number of amides is 2. The van der Waals surface area contributed by atoms with Gasteiger partial charge in [-0.1, -0.05) is 29.8 Å². The average Bonchev–Trinajstić information content (AvgIpc) is 2.74. The average molecular weight is 460 g/mol. The lowest BCUT2D eigenvalue weighted by molar-refractivity contribution is -0.140. The summed E-state index contributed by atoms with van der Waals surface area (Å²) >= 11 is 11.8. The first-order valence-electron chi connectivity index (χ1n) is 9.39. The van der Waals surface area contributed by atoms with Gasteiger partial charge in [0.25, 0.3) is 0 Å². The highest BCUT2D eigenvalue weighted by molar-refractivity contribution is 7.89. The van der Waals surface area contributed by atoms with Gasteiger partial charge in [-0.25, -0.2) is 8.42 Å². The van der Waals surface area contributed by atoms with Crippen molar-refractivity contribution >= 4 is 45.0 Å². The summed E-state index contributed by atoms with van der Waals surface area (Å²) in [6.45, 7) is 5.54. The summed E-state index contributed by atoms with van der Waals surface area (Å²) in [5.41, 5.74) is 0. The maximum atomic E-state index is 12.9. The van der Waals surface area contributed by atoms with Crippen LogP contribution in [0.4, 0.5) is 0 Å². The minimum absolute atomic E-state index is 0.0295. The van der Waals surface area contributed by atoms with Crippen LogP contribution in [0, 0.1) is 5.92 Å². The summed E-state index contributed by atoms with van der Waals surface area (Å²) in [6, 6.07) is 4.22. The summed E-state index contributed by atoms with van der Waals surface area (Å²) < 4.78 is 27.0. The molecule has 2 aliphatic rings. The number of halogens is 2. The Labute approximate surface area is 180 Å². The molecule has 0 radical (unpaired) electrons. The number of piperidine rings is 1. The Bertz CT molecular complexity index is 914. The van der Waals surface area contributed by atoms with Crippen molar-refractivity contribution in [3.63, 3.8) is 0 Å². The second kappa shape index (κ2) is 9.04. The molecule has 1 atom stereocenters. The number of benzene rings is 1. The third kappa shape index (κ3) is 4.77. The second-order valence-electron chi connectivity index (χ2n) is 7.13. The quantitative estimate of drug-likeness (QED) is 0.646. The number of nitrogens with zero attached hydrogens (tertiary/aromatic N) is 3. The number of hydrogen-bond acceptors (Lipinski definition) is 4. The molecule has 3 rings (SSSR count). The largest absolute Gasteiger partial charge is 0.340 e. The molecule has 10 heteroatoms. The van der Waals surface area contributed by atoms with Crippen LogP contribution in [0.3, 0.4) is 0 Å². The van der Waals surface area contributed by atoms with Gasteiger partial charge < -0.3 is 9.80 Å². The Kier molecular flexibility index (Phi) is 6.88. The summed E-state index contributed by atoms with van der Waals surface area (Å²) in [6.07, 6.45) is 2.75. The zero-order chi connectivity index (χ0) is 21.2. The standard InChI is InChI=1S/C19H23Cl2N3O4S/c1-2-18(25)23-7-3-4-14(13-23)19(26)22-8-10-24(11-9-22)29(27,28)15-5-6-16(20)17(21)12-15/h2,5-6,12,14H,1,3-4,7-11,13H2. The zero-order valence-electron chi connectivity index (χ0n) is 15.9. The van der Waals surface area contributed by atoms with Gasteiger partial charge in [0.05, 0.1) is 20.9 Å². The maximum Gasteiger partial charge on any atom is 0.245 e. The van der Waals surface area contributed by atoms with E-state index in [1.165, 1.54) is 28.6 Å². The van der Waals surface area contributed by atoms with Crippen molar-refractivity contribution in [2.75, 3.05) is 39.3 Å². The zero-order valence-corrected chi connectivity index (χ0v) is 18.2. The molecule has 1 unspecified atom stereocenters. The van der Waals surface area contributed by atoms with Gasteiger partial charge in [0, 0.05) is 39.3 Å². The molecule has 29 heavy (non-hydrogen) atoms. The van der Waals surface area contributed by atoms with E-state index in [9.17, 15) is 18.0 Å². The first-order valence-corrected chi connectivity index (χ1v) is 11.6. The molecule has 0 aliphatic carbocycles. The van der Waals surface area contributed by atoms with E-state index >= 15 is 0 Å². The van der Waals surface area contributed by atoms with Crippen LogP contribution in [-0.4, -0.2) is 73.6 Å². The Hall–Kier alpha value is -1.61. The van der Waals surface area contributed by atoms with E-state index < -0.39 is 10.0 Å². The molecule has 2 amide bonds. The lowest BCUT2D eigenvalue weighted by atomic mass is 9.96. The highest BCUT2D eigenvalue weighted by atomic mass is 35.5. The van der Waals surface area contributed by atoms with Gasteiger partial charge in [0.2, 0.25) is 21.8 Å². The molecule has 158 valence electrons. The minimum atomic E-state index is -3.71. The van der Waals surface area contributed by atoms with Crippen LogP contribution in [0.15, 0.2) is 35.7 Å². The van der Waals surface area contributed by atoms with Crippen molar-refractivity contribution in [1.82, 2.24) is 14.1 Å². The van der Waals surface area contributed by atoms with E-state index in [1.54, 1.807) is 9.80 Å². The number of piperazine rings is 1. The van der Waals surface area contributed by atoms with E-state index in [-0.39, 0.29) is 45.8 Å². The number of carbonyl (C=O) groups excluding carboxylic acids is 2. The third-order valence-electron chi connectivity index (χ3n) is 5.34. The fourth-order valence-corrected chi connectivity index (χ4v) is 5.51. The maximum absolute atomic E-state index is 12.9. The van der Waals surface area contributed by atoms with Gasteiger partial charge in [0.1, 0.15) is 0 Å². The van der Waals surface area contributed by atoms with Gasteiger partial charge in [0.15, 0.2) is 0 Å². The van der Waals surface area contributed by atoms with Gasteiger partial charge in [-0.3, -0.25) is 9.59 Å². The van der Waals surface area contributed by atoms with E-state index in [1.807, 2.05) is 0 Å². The van der Waals surface area contributed by atoms with Gasteiger partial charge in [-0.05, 0) is 37.1 Å². The van der Waals surface area contributed by atoms with E-state index in [4.69, 9.17) is 23.2 Å². The molecule has 0 saturated carbocycles. The van der Waals surface area contributed by atoms with Crippen LogP contribution >= 0.6 is 23.2 Å². The second-order valence-corrected chi connectivity index (χ2v) is 9.89. The SMILES string of the molecule is C=CC(=O)N1CCCC(C(=O)N2CCN(S(=O)(=O)c3ccc(Cl)c(Cl)c3)CC2)C1. The highest BCUT2D eigenvalue weighted by Gasteiger charge is 2.34. The fourth-order valence-electron chi connectivity index (χ4n) is 3.70. The molecule has 0 aromatic heterocycles. The summed E-state index contributed by atoms with van der Waals surface area (Å²) in [5, 5.41) is 0.468. The van der Waals surface area contributed by atoms with Crippen LogP contribution in [0.25, 0.3) is 0 Å². The molecule has 7 nitrogen and oxygen atoms in total. The van der Waals surface area contributed by atoms with E-state index in [2.05, 4.69) is 6.58 Å². The molecule has 1 aromatic carbocycles. The van der Waals surface area contributed by atoms with E-state index in [0.29, 0.717) is 26.2 Å². The van der Waals surface area contributed by atoms with Crippen LogP contribution < -0.4 is 0 Å². The van der Waals surface area contributed by atoms with Crippen molar-refractivity contribution in [2.45, 2.75) is 17.7 Å². The van der Waals surface area contributed by atoms with E-state index in [0.717, 1.165) is 12.8 Å². The predicted molar refractivity (Wildman–Crippen MR) is 111 cm³/mol. The van der Waals surface area contributed by atoms with Crippen molar-refractivity contribution in [1.29, 1.82) is 0 Å². The molecule has 2 heterocycles. The minimum Gasteiger partial charge on any atom is -0.340 e. The van der Waals surface area contributed by atoms with Crippen LogP contribution in [-0.2, 0) is 19.6 Å².